The molecule has 6 nitrogen and oxygen atoms in total. The third-order valence-electron chi connectivity index (χ3n) is 4.33. The molecule has 1 aromatic heterocycles. The standard InChI is InChI=1S/C14H20ClN3O3/c15-11-6-17-18(7-10-2-1-3-10)13(19)12(11)16-8-14(20)4-5-21-9-14/h6,10,16,20H,1-5,7-9H2. The summed E-state index contributed by atoms with van der Waals surface area (Å²) in [6.07, 6.45) is 5.57. The Morgan fingerprint density at radius 1 is 1.57 bits per heavy atom. The molecule has 1 aromatic rings. The molecule has 0 spiro atoms. The van der Waals surface area contributed by atoms with E-state index < -0.39 is 5.60 Å². The van der Waals surface area contributed by atoms with Crippen molar-refractivity contribution in [1.29, 1.82) is 0 Å². The predicted molar refractivity (Wildman–Crippen MR) is 79.7 cm³/mol. The van der Waals surface area contributed by atoms with Crippen LogP contribution >= 0.6 is 11.6 Å². The molecular formula is C14H20ClN3O3. The van der Waals surface area contributed by atoms with Crippen LogP contribution in [0.15, 0.2) is 11.0 Å². The fourth-order valence-corrected chi connectivity index (χ4v) is 2.86. The lowest BCUT2D eigenvalue weighted by atomic mass is 9.85. The van der Waals surface area contributed by atoms with Crippen molar-refractivity contribution in [2.45, 2.75) is 37.8 Å². The minimum Gasteiger partial charge on any atom is -0.386 e. The van der Waals surface area contributed by atoms with E-state index in [2.05, 4.69) is 10.4 Å². The Bertz CT molecular complexity index is 565. The number of rotatable bonds is 5. The van der Waals surface area contributed by atoms with Crippen molar-refractivity contribution in [2.24, 2.45) is 5.92 Å². The maximum absolute atomic E-state index is 12.4. The van der Waals surface area contributed by atoms with Crippen molar-refractivity contribution in [3.63, 3.8) is 0 Å². The fourth-order valence-electron chi connectivity index (χ4n) is 2.67. The summed E-state index contributed by atoms with van der Waals surface area (Å²) < 4.78 is 6.65. The predicted octanol–water partition coefficient (Wildman–Crippen LogP) is 1.26. The molecule has 0 amide bonds. The maximum atomic E-state index is 12.4. The lowest BCUT2D eigenvalue weighted by molar-refractivity contribution is 0.0381. The highest BCUT2D eigenvalue weighted by molar-refractivity contribution is 6.32. The van der Waals surface area contributed by atoms with Gasteiger partial charge in [-0.15, -0.1) is 0 Å². The Hall–Kier alpha value is -1.11. The molecule has 1 aliphatic heterocycles. The van der Waals surface area contributed by atoms with Gasteiger partial charge in [-0.2, -0.15) is 5.10 Å². The Morgan fingerprint density at radius 3 is 3.00 bits per heavy atom. The van der Waals surface area contributed by atoms with E-state index in [1.807, 2.05) is 0 Å². The molecule has 2 N–H and O–H groups in total. The molecule has 21 heavy (non-hydrogen) atoms. The van der Waals surface area contributed by atoms with E-state index in [4.69, 9.17) is 16.3 Å². The highest BCUT2D eigenvalue weighted by atomic mass is 35.5. The van der Waals surface area contributed by atoms with Crippen LogP contribution in [0.3, 0.4) is 0 Å². The van der Waals surface area contributed by atoms with Gasteiger partial charge in [0.15, 0.2) is 0 Å². The number of aromatic nitrogens is 2. The molecule has 0 aromatic carbocycles. The SMILES string of the molecule is O=c1c(NCC2(O)CCOC2)c(Cl)cnn1CC1CCC1. The number of aliphatic hydroxyl groups is 1. The average Bonchev–Trinajstić information content (AvgIpc) is 2.83. The summed E-state index contributed by atoms with van der Waals surface area (Å²) in [6, 6.07) is 0. The zero-order chi connectivity index (χ0) is 14.9. The van der Waals surface area contributed by atoms with Gasteiger partial charge in [-0.3, -0.25) is 4.79 Å². The topological polar surface area (TPSA) is 76.4 Å². The van der Waals surface area contributed by atoms with Crippen molar-refractivity contribution in [1.82, 2.24) is 9.78 Å². The minimum absolute atomic E-state index is 0.225. The number of hydrogen-bond acceptors (Lipinski definition) is 5. The van der Waals surface area contributed by atoms with E-state index in [0.717, 1.165) is 12.8 Å². The van der Waals surface area contributed by atoms with Gasteiger partial charge in [-0.05, 0) is 18.8 Å². The first-order chi connectivity index (χ1) is 10.1. The first-order valence-corrected chi connectivity index (χ1v) is 7.75. The number of hydrogen-bond donors (Lipinski definition) is 2. The van der Waals surface area contributed by atoms with Gasteiger partial charge in [-0.25, -0.2) is 4.68 Å². The molecule has 1 unspecified atom stereocenters. The Morgan fingerprint density at radius 2 is 2.38 bits per heavy atom. The number of ether oxygens (including phenoxy) is 1. The number of nitrogens with one attached hydrogen (secondary N) is 1. The number of halogens is 1. The number of nitrogens with zero attached hydrogens (tertiary/aromatic N) is 2. The molecule has 1 saturated carbocycles. The molecule has 1 saturated heterocycles. The van der Waals surface area contributed by atoms with Gasteiger partial charge in [-0.1, -0.05) is 18.0 Å². The van der Waals surface area contributed by atoms with Gasteiger partial charge in [0, 0.05) is 26.1 Å². The van der Waals surface area contributed by atoms with E-state index in [1.54, 1.807) is 0 Å². The molecule has 1 atom stereocenters. The maximum Gasteiger partial charge on any atom is 0.291 e. The van der Waals surface area contributed by atoms with E-state index in [9.17, 15) is 9.90 Å². The largest absolute Gasteiger partial charge is 0.386 e. The summed E-state index contributed by atoms with van der Waals surface area (Å²) in [7, 11) is 0. The highest BCUT2D eigenvalue weighted by Crippen LogP contribution is 2.27. The summed E-state index contributed by atoms with van der Waals surface area (Å²) in [4.78, 5) is 12.4. The monoisotopic (exact) mass is 313 g/mol. The second-order valence-electron chi connectivity index (χ2n) is 6.03. The van der Waals surface area contributed by atoms with Crippen LogP contribution in [-0.4, -0.2) is 40.2 Å². The summed E-state index contributed by atoms with van der Waals surface area (Å²) >= 11 is 6.07. The first kappa shape index (κ1) is 14.8. The third kappa shape index (κ3) is 3.22. The Kier molecular flexibility index (Phi) is 4.19. The molecule has 7 heteroatoms. The van der Waals surface area contributed by atoms with E-state index >= 15 is 0 Å². The number of anilines is 1. The zero-order valence-corrected chi connectivity index (χ0v) is 12.6. The highest BCUT2D eigenvalue weighted by Gasteiger charge is 2.32. The Balaban J connectivity index is 1.73. The van der Waals surface area contributed by atoms with Crippen molar-refractivity contribution in [3.8, 4) is 0 Å². The quantitative estimate of drug-likeness (QED) is 0.856. The molecule has 2 heterocycles. The lowest BCUT2D eigenvalue weighted by Crippen LogP contribution is -2.39. The molecule has 3 rings (SSSR count). The van der Waals surface area contributed by atoms with Gasteiger partial charge in [0.2, 0.25) is 0 Å². The fraction of sp³-hybridized carbons (Fsp3) is 0.714. The summed E-state index contributed by atoms with van der Waals surface area (Å²) in [6.45, 7) is 1.70. The van der Waals surface area contributed by atoms with Crippen LogP contribution in [0, 0.1) is 5.92 Å². The molecule has 116 valence electrons. The van der Waals surface area contributed by atoms with Gasteiger partial charge in [0.05, 0.1) is 17.8 Å². The summed E-state index contributed by atoms with van der Waals surface area (Å²) in [5, 5.41) is 17.6. The van der Waals surface area contributed by atoms with Crippen LogP contribution in [0.1, 0.15) is 25.7 Å². The molecule has 2 aliphatic rings. The summed E-state index contributed by atoms with van der Waals surface area (Å²) in [5.74, 6) is 0.539. The molecule has 1 aliphatic carbocycles. The van der Waals surface area contributed by atoms with Crippen LogP contribution in [0.4, 0.5) is 5.69 Å². The van der Waals surface area contributed by atoms with E-state index in [-0.39, 0.29) is 23.7 Å². The minimum atomic E-state index is -0.933. The van der Waals surface area contributed by atoms with Crippen LogP contribution in [0.25, 0.3) is 0 Å². The molecule has 0 bridgehead atoms. The molecule has 2 fully saturated rings. The second kappa shape index (κ2) is 5.94. The van der Waals surface area contributed by atoms with Gasteiger partial charge < -0.3 is 15.2 Å². The zero-order valence-electron chi connectivity index (χ0n) is 11.8. The normalized spacial score (nSPS) is 25.8. The van der Waals surface area contributed by atoms with Crippen LogP contribution in [-0.2, 0) is 11.3 Å². The van der Waals surface area contributed by atoms with Crippen LogP contribution in [0.5, 0.6) is 0 Å². The van der Waals surface area contributed by atoms with Crippen molar-refractivity contribution >= 4 is 17.3 Å². The van der Waals surface area contributed by atoms with Crippen LogP contribution in [0.2, 0.25) is 5.02 Å². The van der Waals surface area contributed by atoms with Crippen LogP contribution < -0.4 is 10.9 Å². The van der Waals surface area contributed by atoms with Gasteiger partial charge >= 0.3 is 0 Å². The van der Waals surface area contributed by atoms with Gasteiger partial charge in [0.1, 0.15) is 11.3 Å². The average molecular weight is 314 g/mol. The molecular weight excluding hydrogens is 294 g/mol. The smallest absolute Gasteiger partial charge is 0.291 e. The van der Waals surface area contributed by atoms with Gasteiger partial charge in [0.25, 0.3) is 5.56 Å². The lowest BCUT2D eigenvalue weighted by Gasteiger charge is -2.26. The Labute approximate surface area is 128 Å². The summed E-state index contributed by atoms with van der Waals surface area (Å²) in [5.41, 5.74) is -0.846. The van der Waals surface area contributed by atoms with Crippen molar-refractivity contribution in [2.75, 3.05) is 25.1 Å². The van der Waals surface area contributed by atoms with E-state index in [0.29, 0.717) is 31.2 Å². The second-order valence-corrected chi connectivity index (χ2v) is 6.44. The van der Waals surface area contributed by atoms with Crippen molar-refractivity contribution in [3.05, 3.63) is 21.6 Å². The van der Waals surface area contributed by atoms with Crippen molar-refractivity contribution < 1.29 is 9.84 Å². The van der Waals surface area contributed by atoms with E-state index in [1.165, 1.54) is 17.3 Å². The first-order valence-electron chi connectivity index (χ1n) is 7.37. The molecule has 0 radical (unpaired) electrons. The third-order valence-corrected chi connectivity index (χ3v) is 4.62.